The van der Waals surface area contributed by atoms with Gasteiger partial charge in [-0.05, 0) is 4.92 Å². The van der Waals surface area contributed by atoms with Crippen LogP contribution in [0.1, 0.15) is 0 Å². The van der Waals surface area contributed by atoms with Crippen LogP contribution in [0.4, 0.5) is 10.3 Å². The van der Waals surface area contributed by atoms with Crippen molar-refractivity contribution in [3.63, 3.8) is 0 Å². The number of aromatic nitrogens is 2. The van der Waals surface area contributed by atoms with Crippen LogP contribution in [0.25, 0.3) is 0 Å². The summed E-state index contributed by atoms with van der Waals surface area (Å²) in [5.41, 5.74) is 0. The first-order valence-electron chi connectivity index (χ1n) is 2.32. The van der Waals surface area contributed by atoms with Crippen molar-refractivity contribution >= 4 is 5.95 Å². The first-order valence-corrected chi connectivity index (χ1v) is 2.32. The van der Waals surface area contributed by atoms with Gasteiger partial charge in [0.15, 0.2) is 5.82 Å². The van der Waals surface area contributed by atoms with E-state index in [1.54, 1.807) is 0 Å². The summed E-state index contributed by atoms with van der Waals surface area (Å²) in [7, 11) is 0. The molecule has 0 spiro atoms. The smallest absolute Gasteiger partial charge is 0.390 e. The molecule has 0 amide bonds. The summed E-state index contributed by atoms with van der Waals surface area (Å²) in [5.74, 6) is -1.29. The monoisotopic (exact) mass is 143 g/mol. The van der Waals surface area contributed by atoms with E-state index in [1.807, 2.05) is 0 Å². The van der Waals surface area contributed by atoms with Crippen LogP contribution in [0.5, 0.6) is 0 Å². The quantitative estimate of drug-likeness (QED) is 0.424. The van der Waals surface area contributed by atoms with Gasteiger partial charge in [-0.25, -0.2) is 4.39 Å². The molecule has 0 saturated heterocycles. The first kappa shape index (κ1) is 6.53. The molecule has 6 heteroatoms. The number of rotatable bonds is 1. The third-order valence-corrected chi connectivity index (χ3v) is 0.770. The highest BCUT2D eigenvalue weighted by Crippen LogP contribution is 1.99. The van der Waals surface area contributed by atoms with Crippen LogP contribution in [0, 0.1) is 15.9 Å². The van der Waals surface area contributed by atoms with E-state index in [-0.39, 0.29) is 0 Å². The molecule has 10 heavy (non-hydrogen) atoms. The molecule has 1 rings (SSSR count). The van der Waals surface area contributed by atoms with Crippen molar-refractivity contribution in [1.82, 2.24) is 9.97 Å². The van der Waals surface area contributed by atoms with Crippen LogP contribution in [0.3, 0.4) is 0 Å². The molecule has 0 aliphatic rings. The lowest BCUT2D eigenvalue weighted by molar-refractivity contribution is -0.394. The molecule has 0 atom stereocenters. The van der Waals surface area contributed by atoms with Crippen molar-refractivity contribution in [3.05, 3.63) is 28.3 Å². The summed E-state index contributed by atoms with van der Waals surface area (Å²) >= 11 is 0. The maximum atomic E-state index is 12.0. The molecular weight excluding hydrogens is 141 g/mol. The van der Waals surface area contributed by atoms with E-state index in [0.29, 0.717) is 0 Å². The van der Waals surface area contributed by atoms with Gasteiger partial charge in [0.25, 0.3) is 0 Å². The molecule has 0 aliphatic carbocycles. The van der Waals surface area contributed by atoms with Gasteiger partial charge in [0.2, 0.25) is 0 Å². The van der Waals surface area contributed by atoms with Crippen molar-refractivity contribution in [1.29, 1.82) is 0 Å². The average Bonchev–Trinajstić information content (AvgIpc) is 1.88. The van der Waals surface area contributed by atoms with E-state index in [0.717, 1.165) is 12.4 Å². The lowest BCUT2D eigenvalue weighted by atomic mass is 10.6. The zero-order valence-electron chi connectivity index (χ0n) is 4.69. The van der Waals surface area contributed by atoms with E-state index in [1.165, 1.54) is 0 Å². The minimum absolute atomic E-state index is 0.596. The van der Waals surface area contributed by atoms with Gasteiger partial charge in [-0.2, -0.15) is 0 Å². The van der Waals surface area contributed by atoms with Crippen LogP contribution in [-0.2, 0) is 0 Å². The topological polar surface area (TPSA) is 68.9 Å². The number of halogens is 1. The molecule has 1 aromatic rings. The molecule has 0 N–H and O–H groups in total. The van der Waals surface area contributed by atoms with Gasteiger partial charge in [-0.3, -0.25) is 0 Å². The van der Waals surface area contributed by atoms with E-state index in [9.17, 15) is 14.5 Å². The molecule has 0 fully saturated rings. The SMILES string of the molecule is O=[N+]([O-])c1ncc(F)cn1. The molecule has 0 saturated carbocycles. The lowest BCUT2D eigenvalue weighted by Crippen LogP contribution is -1.95. The Morgan fingerprint density at radius 2 is 2.00 bits per heavy atom. The van der Waals surface area contributed by atoms with Crippen LogP contribution in [-0.4, -0.2) is 14.9 Å². The summed E-state index contributed by atoms with van der Waals surface area (Å²) < 4.78 is 12.0. The van der Waals surface area contributed by atoms with Gasteiger partial charge < -0.3 is 10.1 Å². The second-order valence-electron chi connectivity index (χ2n) is 1.46. The predicted octanol–water partition coefficient (Wildman–Crippen LogP) is 0.524. The van der Waals surface area contributed by atoms with E-state index >= 15 is 0 Å². The highest BCUT2D eigenvalue weighted by molar-refractivity contribution is 5.02. The molecule has 0 aromatic carbocycles. The molecule has 0 aliphatic heterocycles. The molecular formula is C4H2FN3O2. The van der Waals surface area contributed by atoms with Gasteiger partial charge in [-0.15, -0.1) is 0 Å². The second kappa shape index (κ2) is 2.34. The third kappa shape index (κ3) is 1.22. The summed E-state index contributed by atoms with van der Waals surface area (Å²) in [6.45, 7) is 0. The van der Waals surface area contributed by atoms with Gasteiger partial charge in [0, 0.05) is 0 Å². The molecule has 0 unspecified atom stereocenters. The van der Waals surface area contributed by atoms with E-state index in [2.05, 4.69) is 9.97 Å². The van der Waals surface area contributed by atoms with Crippen molar-refractivity contribution in [2.24, 2.45) is 0 Å². The summed E-state index contributed by atoms with van der Waals surface area (Å²) in [6.07, 6.45) is 1.48. The summed E-state index contributed by atoms with van der Waals surface area (Å²) in [5, 5.41) is 9.87. The largest absolute Gasteiger partial charge is 0.468 e. The Morgan fingerprint density at radius 3 is 2.40 bits per heavy atom. The molecule has 0 bridgehead atoms. The van der Waals surface area contributed by atoms with Crippen LogP contribution in [0.2, 0.25) is 0 Å². The maximum Gasteiger partial charge on any atom is 0.468 e. The van der Waals surface area contributed by atoms with Crippen molar-refractivity contribution < 1.29 is 9.31 Å². The normalized spacial score (nSPS) is 9.30. The Kier molecular flexibility index (Phi) is 1.53. The summed E-state index contributed by atoms with van der Waals surface area (Å²) in [4.78, 5) is 15.3. The van der Waals surface area contributed by atoms with Gasteiger partial charge in [0.05, 0.1) is 0 Å². The summed E-state index contributed by atoms with van der Waals surface area (Å²) in [6, 6.07) is 0. The van der Waals surface area contributed by atoms with Crippen molar-refractivity contribution in [3.8, 4) is 0 Å². The maximum absolute atomic E-state index is 12.0. The Hall–Kier alpha value is -1.59. The Bertz CT molecular complexity index is 247. The number of nitrogens with zero attached hydrogens (tertiary/aromatic N) is 3. The number of hydrogen-bond donors (Lipinski definition) is 0. The van der Waals surface area contributed by atoms with Crippen LogP contribution in [0.15, 0.2) is 12.4 Å². The fourth-order valence-electron chi connectivity index (χ4n) is 0.400. The highest BCUT2D eigenvalue weighted by atomic mass is 19.1. The van der Waals surface area contributed by atoms with Crippen LogP contribution >= 0.6 is 0 Å². The molecule has 1 aromatic heterocycles. The second-order valence-corrected chi connectivity index (χ2v) is 1.46. The molecule has 52 valence electrons. The van der Waals surface area contributed by atoms with Gasteiger partial charge >= 0.3 is 5.95 Å². The molecule has 5 nitrogen and oxygen atoms in total. The average molecular weight is 143 g/mol. The van der Waals surface area contributed by atoms with E-state index in [4.69, 9.17) is 0 Å². The number of hydrogen-bond acceptors (Lipinski definition) is 4. The Balaban J connectivity index is 3.00. The van der Waals surface area contributed by atoms with Gasteiger partial charge in [0.1, 0.15) is 12.4 Å². The molecule has 0 radical (unpaired) electrons. The van der Waals surface area contributed by atoms with Crippen molar-refractivity contribution in [2.45, 2.75) is 0 Å². The zero-order valence-corrected chi connectivity index (χ0v) is 4.69. The van der Waals surface area contributed by atoms with Crippen molar-refractivity contribution in [2.75, 3.05) is 0 Å². The van der Waals surface area contributed by atoms with E-state index < -0.39 is 16.7 Å². The lowest BCUT2D eigenvalue weighted by Gasteiger charge is -1.87. The van der Waals surface area contributed by atoms with Gasteiger partial charge in [-0.1, -0.05) is 9.97 Å². The highest BCUT2D eigenvalue weighted by Gasteiger charge is 2.06. The van der Waals surface area contributed by atoms with Crippen LogP contribution < -0.4 is 0 Å². The Morgan fingerprint density at radius 1 is 1.50 bits per heavy atom. The standard InChI is InChI=1S/C4H2FN3O2/c5-3-1-6-4(7-2-3)8(9)10/h1-2H. The minimum Gasteiger partial charge on any atom is -0.390 e. The zero-order chi connectivity index (χ0) is 7.56. The minimum atomic E-state index is -0.792. The predicted molar refractivity (Wildman–Crippen MR) is 28.6 cm³/mol. The fourth-order valence-corrected chi connectivity index (χ4v) is 0.400. The fraction of sp³-hybridized carbons (Fsp3) is 0. The first-order chi connectivity index (χ1) is 4.70. The number of nitro groups is 1. The Labute approximate surface area is 54.7 Å². The molecule has 1 heterocycles. The third-order valence-electron chi connectivity index (χ3n) is 0.770.